The van der Waals surface area contributed by atoms with E-state index in [-0.39, 0.29) is 23.9 Å². The number of hydrogen-bond donors (Lipinski definition) is 2. The van der Waals surface area contributed by atoms with Crippen LogP contribution in [0.5, 0.6) is 0 Å². The van der Waals surface area contributed by atoms with Gasteiger partial charge in [-0.25, -0.2) is 4.39 Å². The molecule has 0 aromatic heterocycles. The Bertz CT molecular complexity index is 352. The van der Waals surface area contributed by atoms with Crippen LogP contribution in [-0.4, -0.2) is 18.3 Å². The Labute approximate surface area is 103 Å². The van der Waals surface area contributed by atoms with E-state index in [1.165, 1.54) is 6.07 Å². The summed E-state index contributed by atoms with van der Waals surface area (Å²) in [5.41, 5.74) is 0.516. The normalized spacial score (nSPS) is 13.7. The van der Waals surface area contributed by atoms with Gasteiger partial charge in [-0.3, -0.25) is 0 Å². The quantitative estimate of drug-likeness (QED) is 0.800. The van der Waals surface area contributed by atoms with Crippen molar-refractivity contribution in [3.05, 3.63) is 35.6 Å². The highest BCUT2D eigenvalue weighted by molar-refractivity contribution is 5.21. The zero-order valence-corrected chi connectivity index (χ0v) is 10.8. The standard InChI is InChI=1S/C14H22FNO/c1-4-13(16-9-14(2,3)10-17)11-7-5-6-8-12(11)15/h5-8,13,16-17H,4,9-10H2,1-3H3. The second-order valence-electron chi connectivity index (χ2n) is 5.19. The smallest absolute Gasteiger partial charge is 0.127 e. The molecule has 2 N–H and O–H groups in total. The van der Waals surface area contributed by atoms with Gasteiger partial charge < -0.3 is 10.4 Å². The second kappa shape index (κ2) is 6.12. The average molecular weight is 239 g/mol. The molecule has 0 spiro atoms. The van der Waals surface area contributed by atoms with Crippen LogP contribution in [0.25, 0.3) is 0 Å². The maximum absolute atomic E-state index is 13.6. The molecule has 1 atom stereocenters. The van der Waals surface area contributed by atoms with Crippen LogP contribution < -0.4 is 5.32 Å². The molecule has 17 heavy (non-hydrogen) atoms. The first-order valence-electron chi connectivity index (χ1n) is 6.09. The number of nitrogens with one attached hydrogen (secondary N) is 1. The number of benzene rings is 1. The Morgan fingerprint density at radius 1 is 1.35 bits per heavy atom. The van der Waals surface area contributed by atoms with E-state index in [0.717, 1.165) is 6.42 Å². The molecule has 0 saturated heterocycles. The minimum absolute atomic E-state index is 0.00187. The Hall–Kier alpha value is -0.930. The van der Waals surface area contributed by atoms with Crippen LogP contribution in [0.2, 0.25) is 0 Å². The van der Waals surface area contributed by atoms with Gasteiger partial charge in [0.05, 0.1) is 0 Å². The van der Waals surface area contributed by atoms with Crippen molar-refractivity contribution in [2.24, 2.45) is 5.41 Å². The average Bonchev–Trinajstić information content (AvgIpc) is 2.32. The van der Waals surface area contributed by atoms with Gasteiger partial charge in [0, 0.05) is 30.2 Å². The molecule has 0 amide bonds. The highest BCUT2D eigenvalue weighted by Gasteiger charge is 2.20. The molecule has 0 radical (unpaired) electrons. The first-order chi connectivity index (χ1) is 8.00. The van der Waals surface area contributed by atoms with Crippen molar-refractivity contribution in [2.45, 2.75) is 33.2 Å². The Balaban J connectivity index is 2.70. The van der Waals surface area contributed by atoms with Crippen LogP contribution in [0.15, 0.2) is 24.3 Å². The van der Waals surface area contributed by atoms with E-state index in [1.54, 1.807) is 6.07 Å². The molecule has 1 aromatic carbocycles. The van der Waals surface area contributed by atoms with E-state index in [2.05, 4.69) is 5.32 Å². The van der Waals surface area contributed by atoms with Gasteiger partial charge in [-0.05, 0) is 12.5 Å². The number of aliphatic hydroxyl groups excluding tert-OH is 1. The molecule has 96 valence electrons. The largest absolute Gasteiger partial charge is 0.396 e. The predicted octanol–water partition coefficient (Wildman–Crippen LogP) is 2.88. The molecule has 0 fully saturated rings. The number of rotatable bonds is 6. The first-order valence-corrected chi connectivity index (χ1v) is 6.09. The third-order valence-corrected chi connectivity index (χ3v) is 2.94. The van der Waals surface area contributed by atoms with Crippen molar-refractivity contribution in [3.63, 3.8) is 0 Å². The van der Waals surface area contributed by atoms with E-state index in [0.29, 0.717) is 12.1 Å². The van der Waals surface area contributed by atoms with Crippen LogP contribution in [-0.2, 0) is 0 Å². The second-order valence-corrected chi connectivity index (χ2v) is 5.19. The minimum Gasteiger partial charge on any atom is -0.396 e. The Morgan fingerprint density at radius 2 is 2.00 bits per heavy atom. The molecule has 0 aliphatic rings. The summed E-state index contributed by atoms with van der Waals surface area (Å²) in [6.45, 7) is 6.77. The van der Waals surface area contributed by atoms with Gasteiger partial charge in [-0.2, -0.15) is 0 Å². The summed E-state index contributed by atoms with van der Waals surface area (Å²) in [6.07, 6.45) is 0.822. The molecule has 3 heteroatoms. The molecule has 1 rings (SSSR count). The van der Waals surface area contributed by atoms with Gasteiger partial charge in [-0.1, -0.05) is 39.0 Å². The van der Waals surface area contributed by atoms with Gasteiger partial charge in [0.2, 0.25) is 0 Å². The van der Waals surface area contributed by atoms with Gasteiger partial charge in [0.1, 0.15) is 5.82 Å². The number of aliphatic hydroxyl groups is 1. The molecule has 0 saturated carbocycles. The van der Waals surface area contributed by atoms with Crippen LogP contribution in [0, 0.1) is 11.2 Å². The van der Waals surface area contributed by atoms with Crippen LogP contribution in [0.3, 0.4) is 0 Å². The maximum atomic E-state index is 13.6. The van der Waals surface area contributed by atoms with Crippen molar-refractivity contribution in [3.8, 4) is 0 Å². The van der Waals surface area contributed by atoms with Crippen molar-refractivity contribution in [2.75, 3.05) is 13.2 Å². The summed E-state index contributed by atoms with van der Waals surface area (Å²) >= 11 is 0. The van der Waals surface area contributed by atoms with E-state index in [1.807, 2.05) is 32.9 Å². The topological polar surface area (TPSA) is 32.3 Å². The maximum Gasteiger partial charge on any atom is 0.127 e. The molecular formula is C14H22FNO. The van der Waals surface area contributed by atoms with Gasteiger partial charge in [0.25, 0.3) is 0 Å². The Kier molecular flexibility index (Phi) is 5.09. The molecule has 0 aliphatic heterocycles. The van der Waals surface area contributed by atoms with Crippen molar-refractivity contribution in [1.82, 2.24) is 5.32 Å². The number of hydrogen-bond acceptors (Lipinski definition) is 2. The SMILES string of the molecule is CCC(NCC(C)(C)CO)c1ccccc1F. The lowest BCUT2D eigenvalue weighted by atomic mass is 9.93. The molecule has 0 heterocycles. The number of halogens is 1. The molecule has 2 nitrogen and oxygen atoms in total. The fourth-order valence-electron chi connectivity index (χ4n) is 1.69. The van der Waals surface area contributed by atoms with Crippen LogP contribution in [0.1, 0.15) is 38.8 Å². The van der Waals surface area contributed by atoms with Crippen LogP contribution in [0.4, 0.5) is 4.39 Å². The fraction of sp³-hybridized carbons (Fsp3) is 0.571. The third-order valence-electron chi connectivity index (χ3n) is 2.94. The lowest BCUT2D eigenvalue weighted by Gasteiger charge is -2.26. The van der Waals surface area contributed by atoms with Crippen LogP contribution >= 0.6 is 0 Å². The van der Waals surface area contributed by atoms with E-state index in [4.69, 9.17) is 0 Å². The third kappa shape index (κ3) is 4.10. The molecule has 0 bridgehead atoms. The van der Waals surface area contributed by atoms with Crippen molar-refractivity contribution in [1.29, 1.82) is 0 Å². The zero-order chi connectivity index (χ0) is 12.9. The van der Waals surface area contributed by atoms with Crippen molar-refractivity contribution < 1.29 is 9.50 Å². The van der Waals surface area contributed by atoms with Crippen molar-refractivity contribution >= 4 is 0 Å². The summed E-state index contributed by atoms with van der Waals surface area (Å²) in [6, 6.07) is 6.84. The fourth-order valence-corrected chi connectivity index (χ4v) is 1.69. The van der Waals surface area contributed by atoms with Gasteiger partial charge >= 0.3 is 0 Å². The molecule has 1 unspecified atom stereocenters. The highest BCUT2D eigenvalue weighted by atomic mass is 19.1. The first kappa shape index (κ1) is 14.1. The molecule has 1 aromatic rings. The summed E-state index contributed by atoms with van der Waals surface area (Å²) < 4.78 is 13.6. The van der Waals surface area contributed by atoms with Gasteiger partial charge in [0.15, 0.2) is 0 Å². The Morgan fingerprint density at radius 3 is 2.53 bits per heavy atom. The highest BCUT2D eigenvalue weighted by Crippen LogP contribution is 2.21. The summed E-state index contributed by atoms with van der Waals surface area (Å²) in [5.74, 6) is -0.173. The lowest BCUT2D eigenvalue weighted by Crippen LogP contribution is -2.34. The van der Waals surface area contributed by atoms with Gasteiger partial charge in [-0.15, -0.1) is 0 Å². The monoisotopic (exact) mass is 239 g/mol. The molecule has 0 aliphatic carbocycles. The van der Waals surface area contributed by atoms with E-state index < -0.39 is 0 Å². The van der Waals surface area contributed by atoms with E-state index >= 15 is 0 Å². The summed E-state index contributed by atoms with van der Waals surface area (Å²) in [4.78, 5) is 0. The van der Waals surface area contributed by atoms with E-state index in [9.17, 15) is 9.50 Å². The molecular weight excluding hydrogens is 217 g/mol. The summed E-state index contributed by atoms with van der Waals surface area (Å²) in [5, 5.41) is 12.5. The zero-order valence-electron chi connectivity index (χ0n) is 10.8. The predicted molar refractivity (Wildman–Crippen MR) is 68.3 cm³/mol. The summed E-state index contributed by atoms with van der Waals surface area (Å²) in [7, 11) is 0. The lowest BCUT2D eigenvalue weighted by molar-refractivity contribution is 0.152. The minimum atomic E-state index is -0.182.